The maximum atomic E-state index is 12.7. The summed E-state index contributed by atoms with van der Waals surface area (Å²) in [6, 6.07) is 35.6. The molecule has 0 aliphatic carbocycles. The van der Waals surface area contributed by atoms with Crippen LogP contribution in [0.5, 0.6) is 0 Å². The van der Waals surface area contributed by atoms with Crippen LogP contribution in [-0.2, 0) is 59.1 Å². The topological polar surface area (TPSA) is 184 Å². The Bertz CT molecular complexity index is 3170. The lowest BCUT2D eigenvalue weighted by Gasteiger charge is -2.33. The van der Waals surface area contributed by atoms with Gasteiger partial charge in [-0.3, -0.25) is 4.79 Å². The number of fused-ring (bicyclic) bond motifs is 2. The number of nitrogens with zero attached hydrogens (tertiary/aromatic N) is 6. The van der Waals surface area contributed by atoms with E-state index in [0.717, 1.165) is 89.5 Å². The largest absolute Gasteiger partial charge is 0.379 e. The number of urea groups is 1. The number of ether oxygens (including phenoxy) is 6. The third kappa shape index (κ3) is 20.4. The molecule has 0 radical (unpaired) electrons. The highest BCUT2D eigenvalue weighted by molar-refractivity contribution is 6.35. The highest BCUT2D eigenvalue weighted by atomic mass is 35.5. The first-order valence-corrected chi connectivity index (χ1v) is 31.5. The SMILES string of the molecule is CN1Cc2c(Cl)cc(Cl)cc2[C@H](c2cccc(-c3cc(CCCOCCOCCOCCCC(=O)Cc4ccc(NC(=O)NCCOCCOCCOCCNc5cc(-c6cccc([C@@H]7CN(C)Cc8c(Cl)cc(Cl)cc87)c6)ncn5)cc4)ncn3)c2)C1. The molecule has 3 N–H and O–H groups in total. The van der Waals surface area contributed by atoms with E-state index in [1.165, 1.54) is 16.7 Å². The Hall–Kier alpha value is -6.16. The van der Waals surface area contributed by atoms with Gasteiger partial charge in [0.1, 0.15) is 24.3 Å². The Labute approximate surface area is 536 Å². The molecule has 88 heavy (non-hydrogen) atoms. The zero-order valence-corrected chi connectivity index (χ0v) is 53.0. The van der Waals surface area contributed by atoms with Crippen LogP contribution in [-0.4, -0.2) is 161 Å². The Morgan fingerprint density at radius 3 is 1.64 bits per heavy atom. The standard InChI is InChI=1S/C67H77Cl4N9O8/c1-79-40-58(56-34-51(68)36-62(70)60(56)42-79)47-7-3-9-49(32-47)64-38-54(74-44-75-64)11-5-19-83-23-27-87-28-24-84-20-6-12-55(81)31-46-13-15-53(16-14-46)78-67(82)73-18-22-86-26-30-88-29-25-85-21-17-72-66-39-65(76-45-77-66)50-10-4-8-48(33-50)59-41-80(2)43-61-57(59)35-52(69)37-63(61)71/h3-4,7-10,13-16,32-39,44-45,58-59H,5-6,11-12,17-31,40-43H2,1-2H3,(H,72,76,77)(H2,73,78,82)/t58-,59-/m0/s1. The summed E-state index contributed by atoms with van der Waals surface area (Å²) >= 11 is 26.1. The normalized spacial score (nSPS) is 15.0. The lowest BCUT2D eigenvalue weighted by Crippen LogP contribution is -2.31. The first-order valence-electron chi connectivity index (χ1n) is 29.9. The highest BCUT2D eigenvalue weighted by Gasteiger charge is 2.29. The van der Waals surface area contributed by atoms with Gasteiger partial charge in [0.05, 0.1) is 77.5 Å². The first-order chi connectivity index (χ1) is 42.9. The predicted octanol–water partition coefficient (Wildman–Crippen LogP) is 12.2. The second kappa shape index (κ2) is 34.7. The molecule has 7 aromatic rings. The van der Waals surface area contributed by atoms with Gasteiger partial charge in [-0.2, -0.15) is 0 Å². The van der Waals surface area contributed by atoms with E-state index in [4.69, 9.17) is 74.8 Å². The van der Waals surface area contributed by atoms with E-state index >= 15 is 0 Å². The molecule has 4 heterocycles. The predicted molar refractivity (Wildman–Crippen MR) is 347 cm³/mol. The fraction of sp³-hybridized carbons (Fsp3) is 0.403. The molecule has 9 rings (SSSR count). The summed E-state index contributed by atoms with van der Waals surface area (Å²) in [5, 5.41) is 11.6. The second-order valence-corrected chi connectivity index (χ2v) is 23.6. The highest BCUT2D eigenvalue weighted by Crippen LogP contribution is 2.41. The van der Waals surface area contributed by atoms with Crippen molar-refractivity contribution in [2.24, 2.45) is 0 Å². The summed E-state index contributed by atoms with van der Waals surface area (Å²) < 4.78 is 34.2. The molecule has 2 aromatic heterocycles. The summed E-state index contributed by atoms with van der Waals surface area (Å²) in [5.74, 6) is 1.10. The van der Waals surface area contributed by atoms with Crippen LogP contribution in [0.1, 0.15) is 75.7 Å². The van der Waals surface area contributed by atoms with Crippen molar-refractivity contribution < 1.29 is 38.0 Å². The van der Waals surface area contributed by atoms with E-state index in [2.05, 4.69) is 114 Å². The number of nitrogens with one attached hydrogen (secondary N) is 3. The number of aromatic nitrogens is 4. The third-order valence-electron chi connectivity index (χ3n) is 15.2. The van der Waals surface area contributed by atoms with Crippen LogP contribution in [0, 0.1) is 0 Å². The van der Waals surface area contributed by atoms with Crippen LogP contribution >= 0.6 is 46.4 Å². The summed E-state index contributed by atoms with van der Waals surface area (Å²) in [6.45, 7) is 9.57. The van der Waals surface area contributed by atoms with Crippen molar-refractivity contribution in [2.75, 3.05) is 130 Å². The van der Waals surface area contributed by atoms with Gasteiger partial charge in [0.25, 0.3) is 0 Å². The van der Waals surface area contributed by atoms with Gasteiger partial charge in [-0.15, -0.1) is 0 Å². The molecule has 0 saturated carbocycles. The van der Waals surface area contributed by atoms with E-state index in [1.807, 2.05) is 42.5 Å². The molecule has 5 aromatic carbocycles. The first kappa shape index (κ1) is 66.3. The van der Waals surface area contributed by atoms with Crippen molar-refractivity contribution in [1.29, 1.82) is 0 Å². The van der Waals surface area contributed by atoms with Gasteiger partial charge in [-0.05, 0) is 127 Å². The molecule has 17 nitrogen and oxygen atoms in total. The van der Waals surface area contributed by atoms with Gasteiger partial charge in [0.2, 0.25) is 0 Å². The van der Waals surface area contributed by atoms with E-state index < -0.39 is 0 Å². The fourth-order valence-corrected chi connectivity index (χ4v) is 12.0. The molecule has 466 valence electrons. The van der Waals surface area contributed by atoms with Crippen molar-refractivity contribution in [1.82, 2.24) is 35.1 Å². The monoisotopic (exact) mass is 1280 g/mol. The summed E-state index contributed by atoms with van der Waals surface area (Å²) in [4.78, 5) is 47.8. The number of ketones is 1. The number of amides is 2. The number of likely N-dealkylation sites (N-methyl/N-ethyl adjacent to an activating group) is 2. The maximum absolute atomic E-state index is 12.7. The number of hydrogen-bond acceptors (Lipinski definition) is 15. The van der Waals surface area contributed by atoms with Gasteiger partial charge in [0, 0.05) is 126 Å². The van der Waals surface area contributed by atoms with E-state index in [1.54, 1.807) is 24.8 Å². The van der Waals surface area contributed by atoms with Gasteiger partial charge < -0.3 is 54.2 Å². The molecule has 0 fully saturated rings. The number of anilines is 2. The average Bonchev–Trinajstić information content (AvgIpc) is 2.09. The number of hydrogen-bond donors (Lipinski definition) is 3. The zero-order valence-electron chi connectivity index (χ0n) is 49.9. The van der Waals surface area contributed by atoms with Crippen LogP contribution in [0.3, 0.4) is 0 Å². The van der Waals surface area contributed by atoms with Crippen LogP contribution < -0.4 is 16.0 Å². The molecular weight excluding hydrogens is 1200 g/mol. The Morgan fingerprint density at radius 1 is 0.545 bits per heavy atom. The van der Waals surface area contributed by atoms with Crippen molar-refractivity contribution in [3.05, 3.63) is 187 Å². The molecular formula is C67H77Cl4N9O8. The van der Waals surface area contributed by atoms with Gasteiger partial charge in [-0.1, -0.05) is 94.9 Å². The number of aryl methyl sites for hydroxylation is 1. The number of halogens is 4. The van der Waals surface area contributed by atoms with Crippen molar-refractivity contribution in [3.63, 3.8) is 0 Å². The number of carbonyl (C=O) groups is 2. The molecule has 0 saturated heterocycles. The van der Waals surface area contributed by atoms with Crippen molar-refractivity contribution in [2.45, 2.75) is 57.0 Å². The number of benzene rings is 5. The Morgan fingerprint density at radius 2 is 1.06 bits per heavy atom. The molecule has 0 unspecified atom stereocenters. The quantitative estimate of drug-likeness (QED) is 0.0324. The van der Waals surface area contributed by atoms with Crippen molar-refractivity contribution >= 4 is 69.7 Å². The van der Waals surface area contributed by atoms with Crippen molar-refractivity contribution in [3.8, 4) is 22.5 Å². The Kier molecular flexibility index (Phi) is 26.1. The van der Waals surface area contributed by atoms with E-state index in [-0.39, 0.29) is 23.7 Å². The number of carbonyl (C=O) groups excluding carboxylic acids is 2. The molecule has 0 spiro atoms. The molecule has 2 atom stereocenters. The summed E-state index contributed by atoms with van der Waals surface area (Å²) in [5.41, 5.74) is 13.1. The molecule has 2 amide bonds. The minimum absolute atomic E-state index is 0.123. The Balaban J connectivity index is 0.535. The van der Waals surface area contributed by atoms with Gasteiger partial charge >= 0.3 is 6.03 Å². The smallest absolute Gasteiger partial charge is 0.319 e. The van der Waals surface area contributed by atoms with E-state index in [9.17, 15) is 9.59 Å². The fourth-order valence-electron chi connectivity index (χ4n) is 10.9. The van der Waals surface area contributed by atoms with Crippen LogP contribution in [0.4, 0.5) is 16.3 Å². The lowest BCUT2D eigenvalue weighted by atomic mass is 9.84. The van der Waals surface area contributed by atoms with Crippen LogP contribution in [0.15, 0.2) is 122 Å². The maximum Gasteiger partial charge on any atom is 0.319 e. The average molecular weight is 1280 g/mol. The van der Waals surface area contributed by atoms with Crippen LogP contribution in [0.25, 0.3) is 22.5 Å². The number of Topliss-reactive ketones (excluding diaryl/α,β-unsaturated/α-hetero) is 1. The van der Waals surface area contributed by atoms with Crippen LogP contribution in [0.2, 0.25) is 20.1 Å². The summed E-state index contributed by atoms with van der Waals surface area (Å²) in [7, 11) is 4.22. The molecule has 0 bridgehead atoms. The number of rotatable bonds is 34. The van der Waals surface area contributed by atoms with Gasteiger partial charge in [0.15, 0.2) is 0 Å². The summed E-state index contributed by atoms with van der Waals surface area (Å²) in [6.07, 6.45) is 6.13. The third-order valence-corrected chi connectivity index (χ3v) is 16.3. The minimum Gasteiger partial charge on any atom is -0.379 e. The minimum atomic E-state index is -0.347. The lowest BCUT2D eigenvalue weighted by molar-refractivity contribution is -0.118. The molecule has 21 heteroatoms. The van der Waals surface area contributed by atoms with E-state index in [0.29, 0.717) is 143 Å². The molecule has 2 aliphatic heterocycles. The van der Waals surface area contributed by atoms with Gasteiger partial charge in [-0.25, -0.2) is 24.7 Å². The second-order valence-electron chi connectivity index (χ2n) is 21.9. The zero-order chi connectivity index (χ0) is 61.5. The molecule has 2 aliphatic rings.